The fourth-order valence-electron chi connectivity index (χ4n) is 2.83. The maximum absolute atomic E-state index is 12.9. The maximum Gasteiger partial charge on any atom is 0.270 e. The Morgan fingerprint density at radius 3 is 2.75 bits per heavy atom. The number of aryl methyl sites for hydroxylation is 1. The van der Waals surface area contributed by atoms with Crippen molar-refractivity contribution >= 4 is 73.5 Å². The molecule has 0 bridgehead atoms. The van der Waals surface area contributed by atoms with Crippen LogP contribution in [-0.2, 0) is 4.79 Å². The Morgan fingerprint density at radius 1 is 1.18 bits per heavy atom. The molecule has 0 N–H and O–H groups in total. The molecule has 1 fully saturated rings. The van der Waals surface area contributed by atoms with E-state index in [1.165, 1.54) is 16.7 Å². The Hall–Kier alpha value is -1.86. The number of anilines is 1. The molecule has 140 valence electrons. The predicted octanol–water partition coefficient (Wildman–Crippen LogP) is 7.08. The summed E-state index contributed by atoms with van der Waals surface area (Å²) in [6.45, 7) is 2.03. The van der Waals surface area contributed by atoms with Crippen LogP contribution in [0.5, 0.6) is 0 Å². The standard InChI is InChI=1S/C21H13BrClNO2S2/c1-12-5-7-16(17(22)9-12)18-8-6-15(26-18)11-19-20(25)24(21(27)28-19)14-4-2-3-13(23)10-14/h2-11H,1H3. The minimum Gasteiger partial charge on any atom is -0.457 e. The SMILES string of the molecule is Cc1ccc(-c2ccc(C=C3SC(=S)N(c4cccc(Cl)c4)C3=O)o2)c(Br)c1. The van der Waals surface area contributed by atoms with Crippen LogP contribution in [0.25, 0.3) is 17.4 Å². The van der Waals surface area contributed by atoms with Crippen LogP contribution in [0.1, 0.15) is 11.3 Å². The van der Waals surface area contributed by atoms with Gasteiger partial charge in [-0.25, -0.2) is 0 Å². The van der Waals surface area contributed by atoms with Crippen LogP contribution in [0.4, 0.5) is 5.69 Å². The molecule has 0 unspecified atom stereocenters. The molecule has 0 saturated carbocycles. The zero-order valence-corrected chi connectivity index (χ0v) is 18.6. The van der Waals surface area contributed by atoms with E-state index in [9.17, 15) is 4.79 Å². The third-order valence-electron chi connectivity index (χ3n) is 4.15. The molecule has 28 heavy (non-hydrogen) atoms. The summed E-state index contributed by atoms with van der Waals surface area (Å²) in [7, 11) is 0. The highest BCUT2D eigenvalue weighted by Gasteiger charge is 2.33. The lowest BCUT2D eigenvalue weighted by Gasteiger charge is -2.14. The molecule has 1 aliphatic rings. The summed E-state index contributed by atoms with van der Waals surface area (Å²) in [6, 6.07) is 16.9. The second-order valence-electron chi connectivity index (χ2n) is 6.18. The van der Waals surface area contributed by atoms with Crippen molar-refractivity contribution in [2.45, 2.75) is 6.92 Å². The van der Waals surface area contributed by atoms with E-state index in [0.29, 0.717) is 25.7 Å². The van der Waals surface area contributed by atoms with Crippen LogP contribution in [0.3, 0.4) is 0 Å². The first-order valence-electron chi connectivity index (χ1n) is 8.32. The highest BCUT2D eigenvalue weighted by Crippen LogP contribution is 2.37. The van der Waals surface area contributed by atoms with Crippen molar-refractivity contribution in [2.24, 2.45) is 0 Å². The van der Waals surface area contributed by atoms with Gasteiger partial charge in [-0.3, -0.25) is 9.69 Å². The molecule has 0 atom stereocenters. The number of amides is 1. The molecular weight excluding hydrogens is 478 g/mol. The van der Waals surface area contributed by atoms with Crippen molar-refractivity contribution < 1.29 is 9.21 Å². The first kappa shape index (κ1) is 19.5. The first-order valence-corrected chi connectivity index (χ1v) is 10.7. The molecule has 4 rings (SSSR count). The van der Waals surface area contributed by atoms with E-state index in [-0.39, 0.29) is 5.91 Å². The number of carbonyl (C=O) groups is 1. The number of hydrogen-bond donors (Lipinski definition) is 0. The van der Waals surface area contributed by atoms with Gasteiger partial charge in [-0.15, -0.1) is 0 Å². The van der Waals surface area contributed by atoms with Crippen molar-refractivity contribution in [3.8, 4) is 11.3 Å². The monoisotopic (exact) mass is 489 g/mol. The van der Waals surface area contributed by atoms with Gasteiger partial charge in [-0.2, -0.15) is 0 Å². The third kappa shape index (κ3) is 3.82. The van der Waals surface area contributed by atoms with Crippen molar-refractivity contribution in [3.05, 3.63) is 80.3 Å². The number of halogens is 2. The van der Waals surface area contributed by atoms with Crippen molar-refractivity contribution in [1.29, 1.82) is 0 Å². The summed E-state index contributed by atoms with van der Waals surface area (Å²) in [5.74, 6) is 1.13. The van der Waals surface area contributed by atoms with E-state index < -0.39 is 0 Å². The average Bonchev–Trinajstić information content (AvgIpc) is 3.20. The van der Waals surface area contributed by atoms with Crippen LogP contribution >= 0.6 is 51.5 Å². The molecule has 7 heteroatoms. The summed E-state index contributed by atoms with van der Waals surface area (Å²) in [5, 5.41) is 0.551. The minimum atomic E-state index is -0.188. The highest BCUT2D eigenvalue weighted by molar-refractivity contribution is 9.10. The molecule has 2 heterocycles. The number of nitrogens with zero attached hydrogens (tertiary/aromatic N) is 1. The molecule has 1 saturated heterocycles. The zero-order chi connectivity index (χ0) is 19.8. The summed E-state index contributed by atoms with van der Waals surface area (Å²) in [6.07, 6.45) is 1.72. The Balaban J connectivity index is 1.62. The summed E-state index contributed by atoms with van der Waals surface area (Å²) >= 11 is 16.3. The lowest BCUT2D eigenvalue weighted by molar-refractivity contribution is -0.113. The predicted molar refractivity (Wildman–Crippen MR) is 124 cm³/mol. The highest BCUT2D eigenvalue weighted by atomic mass is 79.9. The van der Waals surface area contributed by atoms with Gasteiger partial charge in [0.15, 0.2) is 4.32 Å². The van der Waals surface area contributed by atoms with Gasteiger partial charge >= 0.3 is 0 Å². The van der Waals surface area contributed by atoms with Gasteiger partial charge in [0.25, 0.3) is 5.91 Å². The van der Waals surface area contributed by atoms with E-state index in [2.05, 4.69) is 15.9 Å². The number of benzene rings is 2. The molecule has 2 aromatic carbocycles. The number of hydrogen-bond acceptors (Lipinski definition) is 4. The van der Waals surface area contributed by atoms with Crippen LogP contribution in [0.2, 0.25) is 5.02 Å². The number of furan rings is 1. The number of thioether (sulfide) groups is 1. The number of thiocarbonyl (C=S) groups is 1. The van der Waals surface area contributed by atoms with Crippen LogP contribution in [0.15, 0.2) is 68.4 Å². The van der Waals surface area contributed by atoms with Crippen molar-refractivity contribution in [1.82, 2.24) is 0 Å². The zero-order valence-electron chi connectivity index (χ0n) is 14.6. The first-order chi connectivity index (χ1) is 13.4. The normalized spacial score (nSPS) is 15.7. The van der Waals surface area contributed by atoms with Gasteiger partial charge < -0.3 is 4.42 Å². The second kappa shape index (κ2) is 7.87. The van der Waals surface area contributed by atoms with Gasteiger partial charge in [-0.05, 0) is 55.0 Å². The maximum atomic E-state index is 12.9. The van der Waals surface area contributed by atoms with Gasteiger partial charge in [-0.1, -0.05) is 63.6 Å². The smallest absolute Gasteiger partial charge is 0.270 e. The van der Waals surface area contributed by atoms with Gasteiger partial charge in [0.1, 0.15) is 11.5 Å². The Bertz CT molecular complexity index is 1140. The van der Waals surface area contributed by atoms with Crippen LogP contribution in [-0.4, -0.2) is 10.2 Å². The van der Waals surface area contributed by atoms with E-state index in [4.69, 9.17) is 28.2 Å². The molecule has 1 aromatic heterocycles. The fourth-order valence-corrected chi connectivity index (χ4v) is 4.98. The molecule has 0 aliphatic carbocycles. The van der Waals surface area contributed by atoms with Crippen molar-refractivity contribution in [2.75, 3.05) is 4.90 Å². The van der Waals surface area contributed by atoms with Gasteiger partial charge in [0.2, 0.25) is 0 Å². The minimum absolute atomic E-state index is 0.188. The molecule has 3 aromatic rings. The molecular formula is C21H13BrClNO2S2. The molecule has 1 amide bonds. The van der Waals surface area contributed by atoms with Crippen molar-refractivity contribution in [3.63, 3.8) is 0 Å². The molecule has 0 radical (unpaired) electrons. The summed E-state index contributed by atoms with van der Waals surface area (Å²) in [4.78, 5) is 14.8. The lowest BCUT2D eigenvalue weighted by Crippen LogP contribution is -2.27. The van der Waals surface area contributed by atoms with E-state index in [0.717, 1.165) is 21.4 Å². The lowest BCUT2D eigenvalue weighted by atomic mass is 10.1. The number of carbonyl (C=O) groups excluding carboxylic acids is 1. The molecule has 0 spiro atoms. The van der Waals surface area contributed by atoms with Gasteiger partial charge in [0, 0.05) is 21.1 Å². The third-order valence-corrected chi connectivity index (χ3v) is 6.34. The van der Waals surface area contributed by atoms with Crippen LogP contribution < -0.4 is 4.90 Å². The number of rotatable bonds is 3. The Kier molecular flexibility index (Phi) is 5.47. The fraction of sp³-hybridized carbons (Fsp3) is 0.0476. The van der Waals surface area contributed by atoms with E-state index >= 15 is 0 Å². The molecule has 1 aliphatic heterocycles. The topological polar surface area (TPSA) is 33.5 Å². The quantitative estimate of drug-likeness (QED) is 0.290. The summed E-state index contributed by atoms with van der Waals surface area (Å²) in [5.41, 5.74) is 2.77. The summed E-state index contributed by atoms with van der Waals surface area (Å²) < 4.78 is 7.36. The Morgan fingerprint density at radius 2 is 2.00 bits per heavy atom. The average molecular weight is 491 g/mol. The second-order valence-corrected chi connectivity index (χ2v) is 9.15. The van der Waals surface area contributed by atoms with Crippen LogP contribution in [0, 0.1) is 6.92 Å². The Labute approximate surface area is 185 Å². The largest absolute Gasteiger partial charge is 0.457 e. The van der Waals surface area contributed by atoms with E-state index in [1.54, 1.807) is 30.3 Å². The molecule has 3 nitrogen and oxygen atoms in total. The van der Waals surface area contributed by atoms with Gasteiger partial charge in [0.05, 0.1) is 10.6 Å². The van der Waals surface area contributed by atoms with E-state index in [1.807, 2.05) is 37.3 Å².